The number of benzene rings is 2. The third kappa shape index (κ3) is 7.39. The van der Waals surface area contributed by atoms with E-state index < -0.39 is 11.6 Å². The van der Waals surface area contributed by atoms with Gasteiger partial charge in [0.2, 0.25) is 11.7 Å². The minimum absolute atomic E-state index is 0.161. The van der Waals surface area contributed by atoms with Crippen LogP contribution in [0, 0.1) is 0 Å². The van der Waals surface area contributed by atoms with Gasteiger partial charge in [0.1, 0.15) is 17.2 Å². The van der Waals surface area contributed by atoms with Gasteiger partial charge in [-0.2, -0.15) is 4.98 Å². The number of methoxy groups -OCH3 is 3. The van der Waals surface area contributed by atoms with Gasteiger partial charge in [0.15, 0.2) is 18.1 Å². The van der Waals surface area contributed by atoms with Crippen LogP contribution in [0.15, 0.2) is 48.7 Å². The topological polar surface area (TPSA) is 113 Å². The predicted octanol–water partition coefficient (Wildman–Crippen LogP) is 4.71. The molecule has 0 saturated carbocycles. The lowest BCUT2D eigenvalue weighted by atomic mass is 10.2. The molecular weight excluding hydrogens is 452 g/mol. The van der Waals surface area contributed by atoms with Gasteiger partial charge in [-0.3, -0.25) is 0 Å². The van der Waals surface area contributed by atoms with Crippen LogP contribution in [-0.4, -0.2) is 49.5 Å². The molecule has 3 aromatic rings. The van der Waals surface area contributed by atoms with E-state index in [2.05, 4.69) is 20.6 Å². The standard InChI is InChI=1S/C25H30N4O6/c1-25(2,3)35-22(30)15-34-18-9-7-16(8-10-18)27-21-11-12-26-24(29-21)28-17-13-19(31-4)23(33-6)20(14-17)32-5/h7-14H,15H2,1-6H3,(H2,26,27,28,29). The monoisotopic (exact) mass is 482 g/mol. The zero-order valence-corrected chi connectivity index (χ0v) is 20.7. The second-order valence-electron chi connectivity index (χ2n) is 8.33. The Balaban J connectivity index is 1.64. The highest BCUT2D eigenvalue weighted by Gasteiger charge is 2.17. The fourth-order valence-corrected chi connectivity index (χ4v) is 3.07. The molecule has 186 valence electrons. The number of carbonyl (C=O) groups excluding carboxylic acids is 1. The molecule has 10 nitrogen and oxygen atoms in total. The smallest absolute Gasteiger partial charge is 0.344 e. The van der Waals surface area contributed by atoms with Gasteiger partial charge in [0.25, 0.3) is 0 Å². The molecule has 0 aliphatic carbocycles. The molecule has 0 aliphatic rings. The van der Waals surface area contributed by atoms with E-state index in [9.17, 15) is 4.79 Å². The molecule has 0 aliphatic heterocycles. The second kappa shape index (κ2) is 11.3. The second-order valence-corrected chi connectivity index (χ2v) is 8.33. The minimum Gasteiger partial charge on any atom is -0.493 e. The normalized spacial score (nSPS) is 10.8. The number of rotatable bonds is 10. The van der Waals surface area contributed by atoms with Gasteiger partial charge in [-0.15, -0.1) is 0 Å². The van der Waals surface area contributed by atoms with Crippen LogP contribution in [0.3, 0.4) is 0 Å². The van der Waals surface area contributed by atoms with Crippen molar-refractivity contribution in [1.29, 1.82) is 0 Å². The van der Waals surface area contributed by atoms with E-state index in [1.165, 1.54) is 0 Å². The number of nitrogens with zero attached hydrogens (tertiary/aromatic N) is 2. The van der Waals surface area contributed by atoms with Crippen LogP contribution in [0.1, 0.15) is 20.8 Å². The summed E-state index contributed by atoms with van der Waals surface area (Å²) in [5.74, 6) is 2.60. The first-order valence-corrected chi connectivity index (χ1v) is 10.8. The third-order valence-electron chi connectivity index (χ3n) is 4.48. The largest absolute Gasteiger partial charge is 0.493 e. The summed E-state index contributed by atoms with van der Waals surface area (Å²) < 4.78 is 26.9. The highest BCUT2D eigenvalue weighted by molar-refractivity contribution is 5.71. The number of carbonyl (C=O) groups is 1. The number of hydrogen-bond donors (Lipinski definition) is 2. The summed E-state index contributed by atoms with van der Waals surface area (Å²) in [6.07, 6.45) is 1.63. The Bertz CT molecular complexity index is 1120. The summed E-state index contributed by atoms with van der Waals surface area (Å²) in [6, 6.07) is 12.4. The Labute approximate surface area is 204 Å². The van der Waals surface area contributed by atoms with Crippen molar-refractivity contribution < 1.29 is 28.5 Å². The van der Waals surface area contributed by atoms with E-state index in [0.717, 1.165) is 5.69 Å². The van der Waals surface area contributed by atoms with E-state index >= 15 is 0 Å². The van der Waals surface area contributed by atoms with E-state index in [1.807, 2.05) is 32.9 Å². The molecule has 0 atom stereocenters. The maximum atomic E-state index is 11.8. The Hall–Kier alpha value is -4.21. The molecule has 0 spiro atoms. The lowest BCUT2D eigenvalue weighted by Gasteiger charge is -2.19. The fraction of sp³-hybridized carbons (Fsp3) is 0.320. The van der Waals surface area contributed by atoms with Crippen molar-refractivity contribution in [3.05, 3.63) is 48.7 Å². The first-order valence-electron chi connectivity index (χ1n) is 10.8. The summed E-state index contributed by atoms with van der Waals surface area (Å²) >= 11 is 0. The lowest BCUT2D eigenvalue weighted by molar-refractivity contribution is -0.157. The average Bonchev–Trinajstić information content (AvgIpc) is 2.82. The molecule has 2 N–H and O–H groups in total. The average molecular weight is 483 g/mol. The van der Waals surface area contributed by atoms with Gasteiger partial charge in [0, 0.05) is 29.7 Å². The number of aromatic nitrogens is 2. The summed E-state index contributed by atoms with van der Waals surface area (Å²) in [6.45, 7) is 5.27. The molecule has 10 heteroatoms. The molecule has 0 fully saturated rings. The number of nitrogens with one attached hydrogen (secondary N) is 2. The van der Waals surface area contributed by atoms with Crippen molar-refractivity contribution in [1.82, 2.24) is 9.97 Å². The van der Waals surface area contributed by atoms with E-state index in [1.54, 1.807) is 57.9 Å². The molecule has 0 bridgehead atoms. The Morgan fingerprint density at radius 1 is 0.886 bits per heavy atom. The zero-order chi connectivity index (χ0) is 25.4. The third-order valence-corrected chi connectivity index (χ3v) is 4.48. The Morgan fingerprint density at radius 2 is 1.54 bits per heavy atom. The van der Waals surface area contributed by atoms with Crippen molar-refractivity contribution in [2.75, 3.05) is 38.6 Å². The van der Waals surface area contributed by atoms with Gasteiger partial charge in [-0.05, 0) is 51.1 Å². The number of ether oxygens (including phenoxy) is 5. The van der Waals surface area contributed by atoms with Crippen molar-refractivity contribution in [3.8, 4) is 23.0 Å². The highest BCUT2D eigenvalue weighted by Crippen LogP contribution is 2.40. The van der Waals surface area contributed by atoms with Crippen LogP contribution >= 0.6 is 0 Å². The SMILES string of the molecule is COc1cc(Nc2nccc(Nc3ccc(OCC(=O)OC(C)(C)C)cc3)n2)cc(OC)c1OC. The summed E-state index contributed by atoms with van der Waals surface area (Å²) in [7, 11) is 4.65. The molecule has 1 heterocycles. The molecule has 0 saturated heterocycles. The number of hydrogen-bond acceptors (Lipinski definition) is 10. The zero-order valence-electron chi connectivity index (χ0n) is 20.7. The van der Waals surface area contributed by atoms with Gasteiger partial charge in [0.05, 0.1) is 21.3 Å². The summed E-state index contributed by atoms with van der Waals surface area (Å²) in [5.41, 5.74) is 0.903. The number of esters is 1. The molecular formula is C25H30N4O6. The lowest BCUT2D eigenvalue weighted by Crippen LogP contribution is -2.27. The van der Waals surface area contributed by atoms with Crippen molar-refractivity contribution in [3.63, 3.8) is 0 Å². The van der Waals surface area contributed by atoms with Crippen LogP contribution in [0.2, 0.25) is 0 Å². The first kappa shape index (κ1) is 25.4. The van der Waals surface area contributed by atoms with Gasteiger partial charge in [-0.25, -0.2) is 9.78 Å². The fourth-order valence-electron chi connectivity index (χ4n) is 3.07. The Morgan fingerprint density at radius 3 is 2.11 bits per heavy atom. The van der Waals surface area contributed by atoms with Crippen molar-refractivity contribution in [2.45, 2.75) is 26.4 Å². The van der Waals surface area contributed by atoms with Crippen LogP contribution in [0.5, 0.6) is 23.0 Å². The van der Waals surface area contributed by atoms with Crippen molar-refractivity contribution in [2.24, 2.45) is 0 Å². The van der Waals surface area contributed by atoms with Gasteiger partial charge in [-0.1, -0.05) is 0 Å². The van der Waals surface area contributed by atoms with Crippen LogP contribution in [-0.2, 0) is 9.53 Å². The maximum absolute atomic E-state index is 11.8. The van der Waals surface area contributed by atoms with E-state index in [-0.39, 0.29) is 6.61 Å². The highest BCUT2D eigenvalue weighted by atomic mass is 16.6. The van der Waals surface area contributed by atoms with Crippen LogP contribution < -0.4 is 29.6 Å². The molecule has 35 heavy (non-hydrogen) atoms. The van der Waals surface area contributed by atoms with Gasteiger partial charge < -0.3 is 34.3 Å². The predicted molar refractivity (Wildman–Crippen MR) is 132 cm³/mol. The van der Waals surface area contributed by atoms with Crippen LogP contribution in [0.25, 0.3) is 0 Å². The minimum atomic E-state index is -0.551. The summed E-state index contributed by atoms with van der Waals surface area (Å²) in [5, 5.41) is 6.35. The first-order chi connectivity index (χ1) is 16.7. The quantitative estimate of drug-likeness (QED) is 0.394. The van der Waals surface area contributed by atoms with Gasteiger partial charge >= 0.3 is 5.97 Å². The van der Waals surface area contributed by atoms with E-state index in [0.29, 0.717) is 40.5 Å². The molecule has 2 aromatic carbocycles. The van der Waals surface area contributed by atoms with Crippen LogP contribution in [0.4, 0.5) is 23.1 Å². The Kier molecular flexibility index (Phi) is 8.19. The molecule has 0 radical (unpaired) electrons. The molecule has 1 aromatic heterocycles. The molecule has 0 amide bonds. The van der Waals surface area contributed by atoms with Crippen molar-refractivity contribution >= 4 is 29.1 Å². The van der Waals surface area contributed by atoms with E-state index in [4.69, 9.17) is 23.7 Å². The summed E-state index contributed by atoms with van der Waals surface area (Å²) in [4.78, 5) is 20.6. The molecule has 3 rings (SSSR count). The maximum Gasteiger partial charge on any atom is 0.344 e. The molecule has 0 unspecified atom stereocenters. The number of anilines is 4.